The van der Waals surface area contributed by atoms with E-state index in [0.29, 0.717) is 23.9 Å². The molecule has 7 heteroatoms. The first-order chi connectivity index (χ1) is 14.6. The van der Waals surface area contributed by atoms with Crippen LogP contribution in [0.2, 0.25) is 0 Å². The summed E-state index contributed by atoms with van der Waals surface area (Å²) in [4.78, 5) is 6.71. The second-order valence-electron chi connectivity index (χ2n) is 7.30. The van der Waals surface area contributed by atoms with Gasteiger partial charge in [0.1, 0.15) is 5.75 Å². The van der Waals surface area contributed by atoms with Crippen LogP contribution in [0.4, 0.5) is 5.88 Å². The van der Waals surface area contributed by atoms with Crippen LogP contribution in [-0.4, -0.2) is 33.1 Å². The molecule has 0 N–H and O–H groups in total. The molecule has 0 unspecified atom stereocenters. The fourth-order valence-corrected chi connectivity index (χ4v) is 4.98. The molecular weight excluding hydrogens is 400 g/mol. The molecular formula is C23H26N2O4S. The maximum Gasteiger partial charge on any atom is 0.236 e. The molecule has 1 aliphatic rings. The lowest BCUT2D eigenvalue weighted by Crippen LogP contribution is -2.25. The summed E-state index contributed by atoms with van der Waals surface area (Å²) >= 11 is 0. The lowest BCUT2D eigenvalue weighted by Gasteiger charge is -2.20. The second-order valence-corrected chi connectivity index (χ2v) is 9.17. The van der Waals surface area contributed by atoms with Gasteiger partial charge in [0.05, 0.1) is 11.5 Å². The maximum absolute atomic E-state index is 13.4. The van der Waals surface area contributed by atoms with E-state index in [-0.39, 0.29) is 9.92 Å². The van der Waals surface area contributed by atoms with Crippen molar-refractivity contribution < 1.29 is 17.6 Å². The lowest BCUT2D eigenvalue weighted by molar-refractivity contribution is 0.340. The molecule has 1 aromatic heterocycles. The zero-order valence-corrected chi connectivity index (χ0v) is 17.9. The molecule has 30 heavy (non-hydrogen) atoms. The predicted molar refractivity (Wildman–Crippen MR) is 116 cm³/mol. The molecule has 0 saturated carbocycles. The Morgan fingerprint density at radius 1 is 0.967 bits per heavy atom. The summed E-state index contributed by atoms with van der Waals surface area (Å²) in [5.41, 5.74) is 0.712. The third-order valence-corrected chi connectivity index (χ3v) is 6.86. The van der Waals surface area contributed by atoms with E-state index in [0.717, 1.165) is 44.5 Å². The highest BCUT2D eigenvalue weighted by Crippen LogP contribution is 2.36. The highest BCUT2D eigenvalue weighted by atomic mass is 32.2. The van der Waals surface area contributed by atoms with Crippen molar-refractivity contribution in [2.24, 2.45) is 0 Å². The standard InChI is InChI=1S/C23H26N2O4S/c1-2-28-19-14-12-18(13-15-19)21-24-22(30(26,27)20-10-6-5-7-11-20)23(29-21)25-16-8-3-4-9-17-25/h5-7,10-15H,2-4,8-9,16-17H2,1H3. The molecule has 3 aromatic rings. The Bertz CT molecular complexity index is 1070. The summed E-state index contributed by atoms with van der Waals surface area (Å²) < 4.78 is 38.4. The van der Waals surface area contributed by atoms with Crippen molar-refractivity contribution in [1.29, 1.82) is 0 Å². The molecule has 0 amide bonds. The van der Waals surface area contributed by atoms with E-state index in [1.807, 2.05) is 36.1 Å². The number of anilines is 1. The Labute approximate surface area is 177 Å². The van der Waals surface area contributed by atoms with E-state index in [2.05, 4.69) is 4.98 Å². The summed E-state index contributed by atoms with van der Waals surface area (Å²) in [6.07, 6.45) is 4.28. The first-order valence-electron chi connectivity index (χ1n) is 10.4. The van der Waals surface area contributed by atoms with Gasteiger partial charge in [0.25, 0.3) is 0 Å². The molecule has 2 heterocycles. The van der Waals surface area contributed by atoms with Crippen LogP contribution in [0.3, 0.4) is 0 Å². The van der Waals surface area contributed by atoms with Gasteiger partial charge < -0.3 is 14.1 Å². The number of oxazole rings is 1. The summed E-state index contributed by atoms with van der Waals surface area (Å²) in [7, 11) is -3.81. The number of aromatic nitrogens is 1. The predicted octanol–water partition coefficient (Wildman–Crippen LogP) is 4.95. The average Bonchev–Trinajstić information content (AvgIpc) is 3.05. The van der Waals surface area contributed by atoms with Crippen molar-refractivity contribution in [2.45, 2.75) is 42.5 Å². The van der Waals surface area contributed by atoms with Crippen LogP contribution >= 0.6 is 0 Å². The first kappa shape index (κ1) is 20.5. The monoisotopic (exact) mass is 426 g/mol. The molecule has 0 radical (unpaired) electrons. The van der Waals surface area contributed by atoms with Gasteiger partial charge in [0, 0.05) is 18.7 Å². The fourth-order valence-electron chi connectivity index (χ4n) is 3.64. The van der Waals surface area contributed by atoms with Gasteiger partial charge in [0.2, 0.25) is 26.6 Å². The maximum atomic E-state index is 13.4. The molecule has 0 spiro atoms. The molecule has 1 saturated heterocycles. The van der Waals surface area contributed by atoms with Gasteiger partial charge >= 0.3 is 0 Å². The molecule has 0 atom stereocenters. The second kappa shape index (κ2) is 8.92. The number of ether oxygens (including phenoxy) is 1. The number of nitrogens with zero attached hydrogens (tertiary/aromatic N) is 2. The lowest BCUT2D eigenvalue weighted by atomic mass is 10.2. The highest BCUT2D eigenvalue weighted by molar-refractivity contribution is 7.91. The van der Waals surface area contributed by atoms with E-state index in [9.17, 15) is 8.42 Å². The number of sulfone groups is 1. The van der Waals surface area contributed by atoms with Gasteiger partial charge in [-0.15, -0.1) is 0 Å². The molecule has 1 aliphatic heterocycles. The van der Waals surface area contributed by atoms with E-state index in [4.69, 9.17) is 9.15 Å². The van der Waals surface area contributed by atoms with Crippen LogP contribution in [0.25, 0.3) is 11.5 Å². The van der Waals surface area contributed by atoms with Gasteiger partial charge in [-0.25, -0.2) is 8.42 Å². The number of hydrogen-bond donors (Lipinski definition) is 0. The minimum Gasteiger partial charge on any atom is -0.494 e. The molecule has 2 aromatic carbocycles. The van der Waals surface area contributed by atoms with E-state index in [1.165, 1.54) is 0 Å². The number of hydrogen-bond acceptors (Lipinski definition) is 6. The van der Waals surface area contributed by atoms with E-state index in [1.54, 1.807) is 30.3 Å². The fraction of sp³-hybridized carbons (Fsp3) is 0.348. The van der Waals surface area contributed by atoms with Crippen LogP contribution in [0.1, 0.15) is 32.6 Å². The zero-order chi connectivity index (χ0) is 21.0. The van der Waals surface area contributed by atoms with Gasteiger partial charge in [-0.1, -0.05) is 31.0 Å². The van der Waals surface area contributed by atoms with Crippen molar-refractivity contribution in [2.75, 3.05) is 24.6 Å². The normalized spacial score (nSPS) is 15.0. The van der Waals surface area contributed by atoms with Crippen molar-refractivity contribution in [3.63, 3.8) is 0 Å². The van der Waals surface area contributed by atoms with E-state index < -0.39 is 9.84 Å². The quantitative estimate of drug-likeness (QED) is 0.555. The largest absolute Gasteiger partial charge is 0.494 e. The van der Waals surface area contributed by atoms with Crippen LogP contribution < -0.4 is 9.64 Å². The van der Waals surface area contributed by atoms with Crippen molar-refractivity contribution in [3.8, 4) is 17.2 Å². The molecule has 1 fully saturated rings. The Morgan fingerprint density at radius 2 is 1.63 bits per heavy atom. The van der Waals surface area contributed by atoms with Crippen LogP contribution in [0.15, 0.2) is 68.9 Å². The van der Waals surface area contributed by atoms with Gasteiger partial charge in [-0.3, -0.25) is 0 Å². The smallest absolute Gasteiger partial charge is 0.236 e. The Kier molecular flexibility index (Phi) is 6.08. The summed E-state index contributed by atoms with van der Waals surface area (Å²) in [5, 5.41) is -0.0144. The third-order valence-electron chi connectivity index (χ3n) is 5.19. The zero-order valence-electron chi connectivity index (χ0n) is 17.1. The highest BCUT2D eigenvalue weighted by Gasteiger charge is 2.31. The third kappa shape index (κ3) is 4.21. The van der Waals surface area contributed by atoms with E-state index >= 15 is 0 Å². The summed E-state index contributed by atoms with van der Waals surface area (Å²) in [6.45, 7) is 4.03. The summed E-state index contributed by atoms with van der Waals surface area (Å²) in [6, 6.07) is 15.7. The number of rotatable bonds is 6. The first-order valence-corrected chi connectivity index (χ1v) is 11.9. The molecule has 158 valence electrons. The van der Waals surface area contributed by atoms with Crippen LogP contribution in [-0.2, 0) is 9.84 Å². The minimum atomic E-state index is -3.81. The Morgan fingerprint density at radius 3 is 2.27 bits per heavy atom. The Balaban J connectivity index is 1.79. The average molecular weight is 427 g/mol. The number of benzene rings is 2. The minimum absolute atomic E-state index is 0.0144. The van der Waals surface area contributed by atoms with Crippen molar-refractivity contribution in [3.05, 3.63) is 54.6 Å². The SMILES string of the molecule is CCOc1ccc(-c2nc(S(=O)(=O)c3ccccc3)c(N3CCCCCC3)o2)cc1. The topological polar surface area (TPSA) is 72.6 Å². The van der Waals surface area contributed by atoms with Crippen LogP contribution in [0.5, 0.6) is 5.75 Å². The molecule has 0 bridgehead atoms. The van der Waals surface area contributed by atoms with Crippen molar-refractivity contribution >= 4 is 15.7 Å². The van der Waals surface area contributed by atoms with Gasteiger partial charge in [-0.2, -0.15) is 4.98 Å². The molecule has 6 nitrogen and oxygen atoms in total. The molecule has 0 aliphatic carbocycles. The van der Waals surface area contributed by atoms with Crippen molar-refractivity contribution in [1.82, 2.24) is 4.98 Å². The van der Waals surface area contributed by atoms with Gasteiger partial charge in [-0.05, 0) is 56.2 Å². The van der Waals surface area contributed by atoms with Crippen LogP contribution in [0, 0.1) is 0 Å². The van der Waals surface area contributed by atoms with Gasteiger partial charge in [0.15, 0.2) is 0 Å². The Hall–Kier alpha value is -2.80. The summed E-state index contributed by atoms with van der Waals surface area (Å²) in [5.74, 6) is 1.38. The molecule has 4 rings (SSSR count).